The van der Waals surface area contributed by atoms with Crippen LogP contribution in [-0.2, 0) is 4.74 Å². The molecule has 3 fully saturated rings. The van der Waals surface area contributed by atoms with Crippen molar-refractivity contribution in [2.45, 2.75) is 50.2 Å². The number of rotatable bonds is 2. The molecule has 1 unspecified atom stereocenters. The number of amides is 1. The van der Waals surface area contributed by atoms with Gasteiger partial charge in [0.15, 0.2) is 0 Å². The topological polar surface area (TPSA) is 32.8 Å². The molecule has 3 saturated heterocycles. The van der Waals surface area contributed by atoms with E-state index in [2.05, 4.69) is 4.90 Å². The summed E-state index contributed by atoms with van der Waals surface area (Å²) in [6, 6.07) is 6.63. The van der Waals surface area contributed by atoms with Crippen LogP contribution in [0.15, 0.2) is 24.3 Å². The lowest BCUT2D eigenvalue weighted by molar-refractivity contribution is -0.128. The molecule has 1 aromatic carbocycles. The smallest absolute Gasteiger partial charge is 0.253 e. The van der Waals surface area contributed by atoms with Crippen LogP contribution in [-0.4, -0.2) is 60.1 Å². The Morgan fingerprint density at radius 3 is 2.64 bits per heavy atom. The molecule has 0 radical (unpaired) electrons. The Balaban J connectivity index is 1.38. The second-order valence-electron chi connectivity index (χ2n) is 7.72. The number of ether oxygens (including phenoxy) is 1. The molecular formula is C20H27FN2O2. The first kappa shape index (κ1) is 17.0. The van der Waals surface area contributed by atoms with Crippen molar-refractivity contribution in [2.75, 3.05) is 32.8 Å². The number of benzene rings is 1. The highest BCUT2D eigenvalue weighted by Gasteiger charge is 2.42. The number of carbonyl (C=O) groups excluding carboxylic acids is 1. The van der Waals surface area contributed by atoms with E-state index in [9.17, 15) is 9.18 Å². The van der Waals surface area contributed by atoms with E-state index in [1.807, 2.05) is 4.90 Å². The van der Waals surface area contributed by atoms with Gasteiger partial charge in [-0.1, -0.05) is 6.07 Å². The zero-order valence-corrected chi connectivity index (χ0v) is 14.8. The van der Waals surface area contributed by atoms with Gasteiger partial charge in [0.25, 0.3) is 5.91 Å². The fourth-order valence-electron chi connectivity index (χ4n) is 4.69. The zero-order valence-electron chi connectivity index (χ0n) is 14.8. The highest BCUT2D eigenvalue weighted by atomic mass is 19.1. The number of hydrogen-bond acceptors (Lipinski definition) is 3. The van der Waals surface area contributed by atoms with Gasteiger partial charge in [-0.05, 0) is 69.8 Å². The van der Waals surface area contributed by atoms with Crippen molar-refractivity contribution in [1.82, 2.24) is 9.80 Å². The van der Waals surface area contributed by atoms with Crippen LogP contribution in [0.25, 0.3) is 0 Å². The van der Waals surface area contributed by atoms with Crippen LogP contribution >= 0.6 is 0 Å². The normalized spacial score (nSPS) is 26.9. The minimum absolute atomic E-state index is 0.0653. The van der Waals surface area contributed by atoms with Gasteiger partial charge in [-0.25, -0.2) is 4.39 Å². The maximum Gasteiger partial charge on any atom is 0.253 e. The quantitative estimate of drug-likeness (QED) is 0.825. The molecule has 4 nitrogen and oxygen atoms in total. The third-order valence-corrected chi connectivity index (χ3v) is 6.16. The van der Waals surface area contributed by atoms with Gasteiger partial charge in [-0.15, -0.1) is 0 Å². The monoisotopic (exact) mass is 346 g/mol. The van der Waals surface area contributed by atoms with E-state index in [0.29, 0.717) is 24.7 Å². The standard InChI is InChI=1S/C20H27FN2O2/c21-17-5-3-4-16(14-17)19(24)23-11-7-20(8-12-23)15-18(6-13-25-20)22-9-1-2-10-22/h3-5,14,18H,1-2,6-13,15H2. The minimum Gasteiger partial charge on any atom is -0.375 e. The minimum atomic E-state index is -0.358. The molecule has 0 saturated carbocycles. The predicted octanol–water partition coefficient (Wildman–Crippen LogP) is 3.08. The van der Waals surface area contributed by atoms with Crippen molar-refractivity contribution < 1.29 is 13.9 Å². The maximum atomic E-state index is 13.4. The summed E-state index contributed by atoms with van der Waals surface area (Å²) in [6.45, 7) is 4.68. The van der Waals surface area contributed by atoms with Crippen molar-refractivity contribution >= 4 is 5.91 Å². The van der Waals surface area contributed by atoms with Crippen LogP contribution in [0.2, 0.25) is 0 Å². The molecule has 0 bridgehead atoms. The van der Waals surface area contributed by atoms with Crippen LogP contribution in [0.1, 0.15) is 48.9 Å². The first-order chi connectivity index (χ1) is 12.2. The number of piperidine rings is 1. The Morgan fingerprint density at radius 2 is 1.92 bits per heavy atom. The van der Waals surface area contributed by atoms with E-state index in [1.54, 1.807) is 12.1 Å². The Bertz CT molecular complexity index is 622. The SMILES string of the molecule is O=C(c1cccc(F)c1)N1CCC2(CC1)CC(N1CCCC1)CCO2. The average molecular weight is 346 g/mol. The van der Waals surface area contributed by atoms with Crippen molar-refractivity contribution in [3.8, 4) is 0 Å². The summed E-state index contributed by atoms with van der Waals surface area (Å²) < 4.78 is 19.6. The number of hydrogen-bond donors (Lipinski definition) is 0. The second kappa shape index (κ2) is 7.04. The summed E-state index contributed by atoms with van der Waals surface area (Å²) in [5.74, 6) is -0.426. The summed E-state index contributed by atoms with van der Waals surface area (Å²) in [5.41, 5.74) is 0.375. The summed E-state index contributed by atoms with van der Waals surface area (Å²) in [4.78, 5) is 17.1. The molecule has 4 rings (SSSR count). The van der Waals surface area contributed by atoms with Gasteiger partial charge in [0, 0.05) is 31.3 Å². The van der Waals surface area contributed by atoms with Gasteiger partial charge in [0.05, 0.1) is 5.60 Å². The molecule has 3 heterocycles. The van der Waals surface area contributed by atoms with Crippen LogP contribution in [0.4, 0.5) is 4.39 Å². The maximum absolute atomic E-state index is 13.4. The van der Waals surface area contributed by atoms with Crippen LogP contribution < -0.4 is 0 Å². The van der Waals surface area contributed by atoms with Gasteiger partial charge >= 0.3 is 0 Å². The van der Waals surface area contributed by atoms with Crippen LogP contribution in [0.3, 0.4) is 0 Å². The molecule has 1 spiro atoms. The van der Waals surface area contributed by atoms with E-state index in [1.165, 1.54) is 38.1 Å². The van der Waals surface area contributed by atoms with Gasteiger partial charge < -0.3 is 14.5 Å². The second-order valence-corrected chi connectivity index (χ2v) is 7.72. The highest BCUT2D eigenvalue weighted by molar-refractivity contribution is 5.94. The van der Waals surface area contributed by atoms with E-state index in [4.69, 9.17) is 4.74 Å². The van der Waals surface area contributed by atoms with Gasteiger partial charge in [-0.2, -0.15) is 0 Å². The Hall–Kier alpha value is -1.46. The van der Waals surface area contributed by atoms with Crippen LogP contribution in [0, 0.1) is 5.82 Å². The first-order valence-electron chi connectivity index (χ1n) is 9.58. The number of nitrogens with zero attached hydrogens (tertiary/aromatic N) is 2. The average Bonchev–Trinajstić information content (AvgIpc) is 3.17. The predicted molar refractivity (Wildman–Crippen MR) is 94.0 cm³/mol. The largest absolute Gasteiger partial charge is 0.375 e. The summed E-state index contributed by atoms with van der Waals surface area (Å²) >= 11 is 0. The number of likely N-dealkylation sites (tertiary alicyclic amines) is 2. The van der Waals surface area contributed by atoms with E-state index in [0.717, 1.165) is 32.3 Å². The van der Waals surface area contributed by atoms with Crippen LogP contribution in [0.5, 0.6) is 0 Å². The zero-order chi connectivity index (χ0) is 17.3. The molecule has 3 aliphatic rings. The molecule has 0 aliphatic carbocycles. The molecule has 25 heavy (non-hydrogen) atoms. The molecule has 1 aromatic rings. The summed E-state index contributed by atoms with van der Waals surface area (Å²) in [5, 5.41) is 0. The molecule has 136 valence electrons. The van der Waals surface area contributed by atoms with Gasteiger partial charge in [-0.3, -0.25) is 4.79 Å². The third kappa shape index (κ3) is 3.58. The molecular weight excluding hydrogens is 319 g/mol. The van der Waals surface area contributed by atoms with Crippen molar-refractivity contribution in [1.29, 1.82) is 0 Å². The molecule has 1 atom stereocenters. The van der Waals surface area contributed by atoms with Gasteiger partial charge in [0.1, 0.15) is 5.82 Å². The molecule has 0 aromatic heterocycles. The highest BCUT2D eigenvalue weighted by Crippen LogP contribution is 2.37. The molecule has 5 heteroatoms. The molecule has 0 N–H and O–H groups in total. The lowest BCUT2D eigenvalue weighted by atomic mass is 9.81. The lowest BCUT2D eigenvalue weighted by Gasteiger charge is -2.48. The molecule has 3 aliphatic heterocycles. The van der Waals surface area contributed by atoms with Crippen molar-refractivity contribution in [3.63, 3.8) is 0 Å². The fourth-order valence-corrected chi connectivity index (χ4v) is 4.69. The fraction of sp³-hybridized carbons (Fsp3) is 0.650. The Kier molecular flexibility index (Phi) is 4.78. The van der Waals surface area contributed by atoms with E-state index < -0.39 is 0 Å². The Labute approximate surface area is 148 Å². The van der Waals surface area contributed by atoms with E-state index in [-0.39, 0.29) is 17.3 Å². The number of carbonyl (C=O) groups is 1. The molecule has 1 amide bonds. The Morgan fingerprint density at radius 1 is 1.16 bits per heavy atom. The number of halogens is 1. The summed E-state index contributed by atoms with van der Waals surface area (Å²) in [7, 11) is 0. The first-order valence-corrected chi connectivity index (χ1v) is 9.58. The van der Waals surface area contributed by atoms with E-state index >= 15 is 0 Å². The summed E-state index contributed by atoms with van der Waals surface area (Å²) in [6.07, 6.45) is 6.64. The third-order valence-electron chi connectivity index (χ3n) is 6.16. The van der Waals surface area contributed by atoms with Crippen molar-refractivity contribution in [3.05, 3.63) is 35.6 Å². The van der Waals surface area contributed by atoms with Gasteiger partial charge in [0.2, 0.25) is 0 Å². The van der Waals surface area contributed by atoms with Crippen molar-refractivity contribution in [2.24, 2.45) is 0 Å². The lowest BCUT2D eigenvalue weighted by Crippen LogP contribution is -2.54.